The zero-order valence-corrected chi connectivity index (χ0v) is 70.2. The van der Waals surface area contributed by atoms with Crippen molar-refractivity contribution in [1.29, 1.82) is 0 Å². The highest BCUT2D eigenvalue weighted by atomic mass is 35.5. The van der Waals surface area contributed by atoms with E-state index >= 15 is 0 Å². The van der Waals surface area contributed by atoms with E-state index in [4.69, 9.17) is 49.9 Å². The van der Waals surface area contributed by atoms with Crippen molar-refractivity contribution in [2.75, 3.05) is 161 Å². The summed E-state index contributed by atoms with van der Waals surface area (Å²) in [6.45, 7) is 14.0. The smallest absolute Gasteiger partial charge is 0.370 e. The molecule has 1 saturated carbocycles. The summed E-state index contributed by atoms with van der Waals surface area (Å²) in [5.41, 5.74) is 9.86. The summed E-state index contributed by atoms with van der Waals surface area (Å²) in [4.78, 5) is 129. The van der Waals surface area contributed by atoms with Gasteiger partial charge in [-0.3, -0.25) is 44.0 Å². The summed E-state index contributed by atoms with van der Waals surface area (Å²) in [5, 5.41) is 14.5. The highest BCUT2D eigenvalue weighted by Crippen LogP contribution is 2.48. The lowest BCUT2D eigenvalue weighted by Crippen LogP contribution is -2.74. The van der Waals surface area contributed by atoms with Crippen LogP contribution in [0.25, 0.3) is 5.69 Å². The number of aromatic nitrogens is 2. The summed E-state index contributed by atoms with van der Waals surface area (Å²) in [7, 11) is 4.76. The van der Waals surface area contributed by atoms with E-state index in [0.717, 1.165) is 130 Å². The number of piperidine rings is 4. The number of carbonyl (C=O) groups excluding carboxylic acids is 9. The highest BCUT2D eigenvalue weighted by molar-refractivity contribution is 6.82. The standard InChI is InChI=1S/C31H37N5O6.C27H28N4O5.C21H28N2O3.C11H13ClN2O3/c1-3-42-29(38)28-26-15-17-35(23-9-7-22(8-10-23)34-16-5-4-6-27(34)37)30(39)31(26,33-18-20-41-21-19-33)36(32-28)24-11-13-25(40-2)14-12-24;1-3-36-27(34)24-22-15-17-30(19-9-7-18(8-10-19)29-16-5-4-6-23(29)32)26(33)25(22)31(28-24)20-11-13-21(35-2)14-12-20;24-20-6-1-2-11-23(20)17-9-7-16(8-10-17)18-4-3-5-19(21(18)25)22-12-14-26-15-13-22;1-3-17-11(15)10(12)14-13-8-4-6-9(16-2)7-5-8/h7-14,26H,3-6,15-21H2,1-2H3;7-14H,3-6,15-17H2,1-2H3;7-10,18-19H,1-6,11-15H2;4-7,13H,3H2,1-2H3/b;;;14-10-/t26-,31+;;;/m0.../s1. The number of Topliss-reactive ketones (excluding diaryl/α,β-unsaturated/α-hetero) is 1. The minimum absolute atomic E-state index is 0.0114. The Labute approximate surface area is 709 Å². The lowest BCUT2D eigenvalue weighted by molar-refractivity contribution is -0.140. The third-order valence-electron chi connectivity index (χ3n) is 23.1. The molecule has 0 bridgehead atoms. The average Bonchev–Trinajstić information content (AvgIpc) is 1.61. The van der Waals surface area contributed by atoms with Crippen LogP contribution in [0.3, 0.4) is 0 Å². The van der Waals surface area contributed by atoms with Gasteiger partial charge in [0.1, 0.15) is 22.9 Å². The molecule has 1 aromatic heterocycles. The first-order chi connectivity index (χ1) is 58.9. The van der Waals surface area contributed by atoms with Crippen LogP contribution in [0, 0.1) is 5.92 Å². The monoisotopic (exact) mass is 1680 g/mol. The highest BCUT2D eigenvalue weighted by Gasteiger charge is 2.65. The maximum absolute atomic E-state index is 15.0. The van der Waals surface area contributed by atoms with Crippen molar-refractivity contribution in [1.82, 2.24) is 19.6 Å². The second kappa shape index (κ2) is 41.1. The van der Waals surface area contributed by atoms with Gasteiger partial charge in [0.2, 0.25) is 28.6 Å². The number of benzene rings is 6. The van der Waals surface area contributed by atoms with Gasteiger partial charge in [-0.05, 0) is 224 Å². The first kappa shape index (κ1) is 87.3. The number of methoxy groups -OCH3 is 3. The van der Waals surface area contributed by atoms with Crippen LogP contribution in [0.15, 0.2) is 156 Å². The number of ether oxygens (including phenoxy) is 8. The number of amides is 5. The molecule has 121 heavy (non-hydrogen) atoms. The maximum atomic E-state index is 15.0. The Bertz CT molecular complexity index is 4870. The molecule has 6 aromatic carbocycles. The Morgan fingerprint density at radius 2 is 0.950 bits per heavy atom. The zero-order valence-electron chi connectivity index (χ0n) is 69.5. The second-order valence-electron chi connectivity index (χ2n) is 30.2. The molecule has 9 heterocycles. The van der Waals surface area contributed by atoms with E-state index in [9.17, 15) is 43.2 Å². The van der Waals surface area contributed by atoms with Crippen LogP contribution in [0.1, 0.15) is 142 Å². The van der Waals surface area contributed by atoms with Crippen LogP contribution in [-0.4, -0.2) is 222 Å². The van der Waals surface area contributed by atoms with Crippen molar-refractivity contribution in [2.45, 2.75) is 128 Å². The van der Waals surface area contributed by atoms with Gasteiger partial charge in [-0.15, -0.1) is 0 Å². The number of halogens is 1. The van der Waals surface area contributed by atoms with Crippen LogP contribution in [-0.2, 0) is 63.7 Å². The fraction of sp³-hybridized carbons (Fsp3) is 0.444. The topological polar surface area (TPSA) is 308 Å². The number of carbonyl (C=O) groups is 9. The van der Waals surface area contributed by atoms with Gasteiger partial charge in [-0.1, -0.05) is 30.2 Å². The number of nitrogens with zero attached hydrogens (tertiary/aromatic N) is 12. The lowest BCUT2D eigenvalue weighted by atomic mass is 9.79. The van der Waals surface area contributed by atoms with Gasteiger partial charge in [0.15, 0.2) is 17.2 Å². The Hall–Kier alpha value is -11.6. The predicted octanol–water partition coefficient (Wildman–Crippen LogP) is 11.8. The Kier molecular flexibility index (Phi) is 29.7. The fourth-order valence-corrected chi connectivity index (χ4v) is 17.1. The number of morpholine rings is 2. The largest absolute Gasteiger partial charge is 0.497 e. The number of nitrogens with one attached hydrogen (secondary N) is 1. The van der Waals surface area contributed by atoms with Crippen LogP contribution in [0.5, 0.6) is 17.2 Å². The van der Waals surface area contributed by atoms with E-state index in [0.29, 0.717) is 130 Å². The van der Waals surface area contributed by atoms with Gasteiger partial charge in [-0.25, -0.2) is 24.1 Å². The molecule has 0 spiro atoms. The van der Waals surface area contributed by atoms with Gasteiger partial charge in [0, 0.05) is 118 Å². The van der Waals surface area contributed by atoms with Gasteiger partial charge in [-0.2, -0.15) is 15.3 Å². The van der Waals surface area contributed by atoms with Crippen molar-refractivity contribution >= 4 is 116 Å². The van der Waals surface area contributed by atoms with Gasteiger partial charge in [0.25, 0.3) is 11.8 Å². The van der Waals surface area contributed by atoms with Crippen LogP contribution in [0.2, 0.25) is 0 Å². The Morgan fingerprint density at radius 1 is 0.488 bits per heavy atom. The molecule has 30 nitrogen and oxygen atoms in total. The number of rotatable bonds is 21. The number of ketones is 1. The van der Waals surface area contributed by atoms with E-state index in [1.807, 2.05) is 94.7 Å². The Balaban J connectivity index is 0.000000146. The summed E-state index contributed by atoms with van der Waals surface area (Å²) in [5.74, 6) is 0.261. The molecule has 0 radical (unpaired) electrons. The molecule has 1 N–H and O–H groups in total. The quantitative estimate of drug-likeness (QED) is 0.0302. The lowest BCUT2D eigenvalue weighted by Gasteiger charge is -2.53. The fourth-order valence-electron chi connectivity index (χ4n) is 17.0. The molecule has 9 aliphatic rings. The maximum Gasteiger partial charge on any atom is 0.370 e. The molecule has 7 fully saturated rings. The first-order valence-corrected chi connectivity index (χ1v) is 42.3. The minimum Gasteiger partial charge on any atom is -0.497 e. The zero-order chi connectivity index (χ0) is 85.1. The first-order valence-electron chi connectivity index (χ1n) is 41.9. The summed E-state index contributed by atoms with van der Waals surface area (Å²) in [6, 6.07) is 44.8. The molecule has 1 aliphatic carbocycles. The van der Waals surface area contributed by atoms with Crippen molar-refractivity contribution in [3.8, 4) is 22.9 Å². The molecule has 8 aliphatic heterocycles. The normalized spacial score (nSPS) is 20.9. The molecule has 31 heteroatoms. The van der Waals surface area contributed by atoms with Crippen molar-refractivity contribution < 1.29 is 81.0 Å². The predicted molar refractivity (Wildman–Crippen MR) is 459 cm³/mol. The third-order valence-corrected chi connectivity index (χ3v) is 23.4. The second-order valence-corrected chi connectivity index (χ2v) is 30.6. The van der Waals surface area contributed by atoms with Crippen LogP contribution >= 0.6 is 11.6 Å². The number of fused-ring (bicyclic) bond motifs is 2. The molecule has 6 saturated heterocycles. The number of hydrogen-bond acceptors (Lipinski definition) is 24. The number of esters is 3. The summed E-state index contributed by atoms with van der Waals surface area (Å²) < 4.78 is 43.6. The molecule has 4 atom stereocenters. The molecule has 2 unspecified atom stereocenters. The summed E-state index contributed by atoms with van der Waals surface area (Å²) >= 11 is 5.61. The van der Waals surface area contributed by atoms with Gasteiger partial charge >= 0.3 is 17.9 Å². The van der Waals surface area contributed by atoms with E-state index in [1.165, 1.54) is 4.68 Å². The van der Waals surface area contributed by atoms with Crippen molar-refractivity contribution in [3.05, 3.63) is 168 Å². The van der Waals surface area contributed by atoms with E-state index in [1.54, 1.807) is 110 Å². The van der Waals surface area contributed by atoms with Crippen LogP contribution < -0.4 is 49.1 Å². The van der Waals surface area contributed by atoms with Gasteiger partial charge in [0.05, 0.1) is 96.6 Å². The molecule has 5 amide bonds. The van der Waals surface area contributed by atoms with E-state index in [-0.39, 0.29) is 77.9 Å². The van der Waals surface area contributed by atoms with Crippen molar-refractivity contribution in [2.24, 2.45) is 16.1 Å². The molecular weight excluding hydrogens is 1570 g/mol. The van der Waals surface area contributed by atoms with Gasteiger partial charge < -0.3 is 62.4 Å². The third kappa shape index (κ3) is 19.7. The van der Waals surface area contributed by atoms with E-state index in [2.05, 4.69) is 42.3 Å². The number of anilines is 7. The van der Waals surface area contributed by atoms with E-state index < -0.39 is 29.5 Å². The molecule has 16 rings (SSSR count). The number of hydrogen-bond donors (Lipinski definition) is 1. The summed E-state index contributed by atoms with van der Waals surface area (Å²) in [6.07, 6.45) is 11.6. The SMILES string of the molecule is CCOC(=O)/C(Cl)=N/Nc1ccc(OC)cc1.CCOC(=O)C1=NN(c2ccc(OC)cc2)[C@@]2(N3CCOCC3)C(=O)N(c3ccc(N4CCCCC4=O)cc3)CC[C@@H]12.CCOC(=O)c1nn(-c2ccc(OC)cc2)c2c1CCN(c1ccc(N3CCCCC3=O)cc1)C2=O.O=C1C(c2ccc(N3CCCCC3=O)cc2)CCCC1N1CCOCC1. The number of hydrazone groups is 2. The Morgan fingerprint density at radius 3 is 1.45 bits per heavy atom. The molecule has 640 valence electrons. The van der Waals surface area contributed by atoms with Crippen molar-refractivity contribution in [3.63, 3.8) is 0 Å². The average molecular weight is 1680 g/mol. The molecule has 7 aromatic rings. The minimum atomic E-state index is -1.29. The van der Waals surface area contributed by atoms with Crippen LogP contribution in [0.4, 0.5) is 39.8 Å². The molecular formula is C90H106ClN13O17.